The quantitative estimate of drug-likeness (QED) is 0.751. The lowest BCUT2D eigenvalue weighted by atomic mass is 9.98. The molecule has 3 atom stereocenters. The fourth-order valence-corrected chi connectivity index (χ4v) is 2.90. The number of nitrogens with one attached hydrogen (secondary N) is 2. The Balaban J connectivity index is 1.69. The molecule has 0 bridgehead atoms. The molecule has 2 fully saturated rings. The Morgan fingerprint density at radius 2 is 2.33 bits per heavy atom. The first kappa shape index (κ1) is 9.09. The van der Waals surface area contributed by atoms with Crippen LogP contribution in [0.4, 0.5) is 5.82 Å². The fraction of sp³-hybridized carbons (Fsp3) is 0.636. The summed E-state index contributed by atoms with van der Waals surface area (Å²) in [4.78, 5) is 0. The number of anilines is 1. The van der Waals surface area contributed by atoms with Crippen molar-refractivity contribution in [3.63, 3.8) is 0 Å². The Labute approximate surface area is 89.5 Å². The van der Waals surface area contributed by atoms with Crippen LogP contribution in [0.15, 0.2) is 18.3 Å². The van der Waals surface area contributed by atoms with E-state index >= 15 is 0 Å². The minimum atomic E-state index is 0.585. The predicted molar refractivity (Wildman–Crippen MR) is 58.5 cm³/mol. The van der Waals surface area contributed by atoms with E-state index < -0.39 is 0 Å². The van der Waals surface area contributed by atoms with Gasteiger partial charge in [-0.05, 0) is 43.4 Å². The van der Waals surface area contributed by atoms with Gasteiger partial charge in [0.2, 0.25) is 0 Å². The van der Waals surface area contributed by atoms with Gasteiger partial charge in [0, 0.05) is 18.8 Å². The van der Waals surface area contributed by atoms with Gasteiger partial charge in [-0.3, -0.25) is 0 Å². The molecule has 1 aliphatic heterocycles. The molecule has 0 unspecified atom stereocenters. The fourth-order valence-electron chi connectivity index (χ4n) is 2.90. The summed E-state index contributed by atoms with van der Waals surface area (Å²) < 4.78 is 0. The van der Waals surface area contributed by atoms with Gasteiger partial charge in [0.1, 0.15) is 5.82 Å². The molecule has 1 aromatic rings. The normalized spacial score (nSPS) is 34.0. The highest BCUT2D eigenvalue weighted by Crippen LogP contribution is 2.35. The molecule has 2 heterocycles. The standard InChI is InChI=1S/C11H16N4/c1-2-11(15-13-5-1)14-10-4-3-8-6-12-7-9(8)10/h1-2,5,8-10,12H,3-4,6-7H2,(H,14,15)/t8-,9+,10+/m0/s1. The summed E-state index contributed by atoms with van der Waals surface area (Å²) in [5, 5.41) is 14.9. The first-order valence-electron chi connectivity index (χ1n) is 5.68. The van der Waals surface area contributed by atoms with E-state index in [9.17, 15) is 0 Å². The van der Waals surface area contributed by atoms with E-state index in [-0.39, 0.29) is 0 Å². The van der Waals surface area contributed by atoms with Gasteiger partial charge in [-0.2, -0.15) is 5.10 Å². The molecule has 1 aromatic heterocycles. The van der Waals surface area contributed by atoms with E-state index in [0.29, 0.717) is 6.04 Å². The largest absolute Gasteiger partial charge is 0.366 e. The summed E-state index contributed by atoms with van der Waals surface area (Å²) in [6.07, 6.45) is 4.32. The van der Waals surface area contributed by atoms with Crippen molar-refractivity contribution in [3.8, 4) is 0 Å². The molecular weight excluding hydrogens is 188 g/mol. The third-order valence-electron chi connectivity index (χ3n) is 3.66. The van der Waals surface area contributed by atoms with Crippen LogP contribution in [0.3, 0.4) is 0 Å². The molecule has 0 spiro atoms. The molecule has 1 saturated carbocycles. The number of rotatable bonds is 2. The summed E-state index contributed by atoms with van der Waals surface area (Å²) in [6.45, 7) is 2.35. The maximum atomic E-state index is 4.07. The van der Waals surface area contributed by atoms with E-state index in [4.69, 9.17) is 0 Å². The van der Waals surface area contributed by atoms with E-state index in [2.05, 4.69) is 20.8 Å². The second-order valence-electron chi connectivity index (χ2n) is 4.52. The highest BCUT2D eigenvalue weighted by atomic mass is 15.2. The summed E-state index contributed by atoms with van der Waals surface area (Å²) in [7, 11) is 0. The summed E-state index contributed by atoms with van der Waals surface area (Å²) in [5.41, 5.74) is 0. The number of nitrogens with zero attached hydrogens (tertiary/aromatic N) is 2. The van der Waals surface area contributed by atoms with Crippen molar-refractivity contribution in [2.75, 3.05) is 18.4 Å². The third kappa shape index (κ3) is 1.69. The second kappa shape index (κ2) is 3.77. The van der Waals surface area contributed by atoms with Crippen molar-refractivity contribution in [1.29, 1.82) is 0 Å². The van der Waals surface area contributed by atoms with Crippen molar-refractivity contribution in [3.05, 3.63) is 18.3 Å². The van der Waals surface area contributed by atoms with Crippen LogP contribution in [-0.2, 0) is 0 Å². The second-order valence-corrected chi connectivity index (χ2v) is 4.52. The minimum absolute atomic E-state index is 0.585. The van der Waals surface area contributed by atoms with Gasteiger partial charge < -0.3 is 10.6 Å². The van der Waals surface area contributed by atoms with Crippen LogP contribution in [0.1, 0.15) is 12.8 Å². The number of fused-ring (bicyclic) bond motifs is 1. The van der Waals surface area contributed by atoms with Crippen LogP contribution in [0.5, 0.6) is 0 Å². The van der Waals surface area contributed by atoms with Crippen LogP contribution >= 0.6 is 0 Å². The molecular formula is C11H16N4. The molecule has 1 saturated heterocycles. The smallest absolute Gasteiger partial charge is 0.148 e. The Hall–Kier alpha value is -1.16. The predicted octanol–water partition coefficient (Wildman–Crippen LogP) is 0.886. The maximum Gasteiger partial charge on any atom is 0.148 e. The van der Waals surface area contributed by atoms with Gasteiger partial charge in [-0.15, -0.1) is 5.10 Å². The highest BCUT2D eigenvalue weighted by Gasteiger charge is 2.39. The Morgan fingerprint density at radius 1 is 1.33 bits per heavy atom. The zero-order valence-corrected chi connectivity index (χ0v) is 8.69. The van der Waals surface area contributed by atoms with Crippen LogP contribution in [0.25, 0.3) is 0 Å². The Bertz CT molecular complexity index is 327. The minimum Gasteiger partial charge on any atom is -0.366 e. The average Bonchev–Trinajstić information content (AvgIpc) is 2.85. The average molecular weight is 204 g/mol. The van der Waals surface area contributed by atoms with Crippen molar-refractivity contribution < 1.29 is 0 Å². The van der Waals surface area contributed by atoms with Crippen molar-refractivity contribution in [2.45, 2.75) is 18.9 Å². The highest BCUT2D eigenvalue weighted by molar-refractivity contribution is 5.34. The van der Waals surface area contributed by atoms with E-state index in [1.54, 1.807) is 6.20 Å². The Kier molecular flexibility index (Phi) is 2.29. The lowest BCUT2D eigenvalue weighted by Crippen LogP contribution is -2.28. The zero-order valence-electron chi connectivity index (χ0n) is 8.69. The third-order valence-corrected chi connectivity index (χ3v) is 3.66. The van der Waals surface area contributed by atoms with Gasteiger partial charge in [0.15, 0.2) is 0 Å². The van der Waals surface area contributed by atoms with Crippen LogP contribution in [-0.4, -0.2) is 29.3 Å². The molecule has 2 aliphatic rings. The van der Waals surface area contributed by atoms with E-state index in [0.717, 1.165) is 24.2 Å². The lowest BCUT2D eigenvalue weighted by molar-refractivity contribution is 0.468. The van der Waals surface area contributed by atoms with Crippen molar-refractivity contribution in [1.82, 2.24) is 15.5 Å². The summed E-state index contributed by atoms with van der Waals surface area (Å²) >= 11 is 0. The SMILES string of the molecule is c1cnnc(N[C@@H]2CC[C@H]3CNC[C@H]32)c1. The number of aromatic nitrogens is 2. The number of hydrogen-bond acceptors (Lipinski definition) is 4. The number of hydrogen-bond donors (Lipinski definition) is 2. The van der Waals surface area contributed by atoms with Gasteiger partial charge in [-0.1, -0.05) is 0 Å². The molecule has 15 heavy (non-hydrogen) atoms. The summed E-state index contributed by atoms with van der Waals surface area (Å²) in [6, 6.07) is 4.50. The molecule has 0 aromatic carbocycles. The summed E-state index contributed by atoms with van der Waals surface area (Å²) in [5.74, 6) is 2.57. The molecule has 0 amide bonds. The first-order valence-corrected chi connectivity index (χ1v) is 5.68. The first-order chi connectivity index (χ1) is 7.43. The van der Waals surface area contributed by atoms with Crippen LogP contribution < -0.4 is 10.6 Å². The van der Waals surface area contributed by atoms with E-state index in [1.165, 1.54) is 19.4 Å². The molecule has 80 valence electrons. The molecule has 1 aliphatic carbocycles. The molecule has 3 rings (SSSR count). The molecule has 4 nitrogen and oxygen atoms in total. The monoisotopic (exact) mass is 204 g/mol. The van der Waals surface area contributed by atoms with E-state index in [1.807, 2.05) is 12.1 Å². The van der Waals surface area contributed by atoms with Gasteiger partial charge >= 0.3 is 0 Å². The maximum absolute atomic E-state index is 4.07. The van der Waals surface area contributed by atoms with Crippen molar-refractivity contribution >= 4 is 5.82 Å². The topological polar surface area (TPSA) is 49.8 Å². The zero-order chi connectivity index (χ0) is 10.1. The lowest BCUT2D eigenvalue weighted by Gasteiger charge is -2.19. The van der Waals surface area contributed by atoms with Crippen molar-refractivity contribution in [2.24, 2.45) is 11.8 Å². The van der Waals surface area contributed by atoms with Crippen LogP contribution in [0, 0.1) is 11.8 Å². The van der Waals surface area contributed by atoms with Gasteiger partial charge in [0.05, 0.1) is 0 Å². The van der Waals surface area contributed by atoms with Crippen LogP contribution in [0.2, 0.25) is 0 Å². The molecule has 0 radical (unpaired) electrons. The van der Waals surface area contributed by atoms with Gasteiger partial charge in [0.25, 0.3) is 0 Å². The molecule has 4 heteroatoms. The van der Waals surface area contributed by atoms with Gasteiger partial charge in [-0.25, -0.2) is 0 Å². The molecule has 2 N–H and O–H groups in total. The Morgan fingerprint density at radius 3 is 3.20 bits per heavy atom.